The summed E-state index contributed by atoms with van der Waals surface area (Å²) in [6.45, 7) is 6.13. The lowest BCUT2D eigenvalue weighted by atomic mass is 10.0. The molecule has 3 nitrogen and oxygen atoms in total. The zero-order valence-electron chi connectivity index (χ0n) is 9.32. The normalized spacial score (nSPS) is 13.7. The van der Waals surface area contributed by atoms with Crippen LogP contribution in [0.5, 0.6) is 0 Å². The maximum atomic E-state index is 6.02. The van der Waals surface area contributed by atoms with Gasteiger partial charge in [-0.3, -0.25) is 0 Å². The van der Waals surface area contributed by atoms with Crippen LogP contribution in [-0.2, 0) is 0 Å². The number of furan rings is 1. The van der Waals surface area contributed by atoms with Gasteiger partial charge in [-0.15, -0.1) is 0 Å². The zero-order valence-corrected chi connectivity index (χ0v) is 9.32. The van der Waals surface area contributed by atoms with Crippen molar-refractivity contribution in [1.82, 2.24) is 4.98 Å². The predicted octanol–water partition coefficient (Wildman–Crippen LogP) is 2.79. The summed E-state index contributed by atoms with van der Waals surface area (Å²) >= 11 is 0. The van der Waals surface area contributed by atoms with Gasteiger partial charge in [-0.25, -0.2) is 4.98 Å². The van der Waals surface area contributed by atoms with E-state index in [1.165, 1.54) is 0 Å². The first kappa shape index (κ1) is 10.2. The molecule has 0 amide bonds. The topological polar surface area (TPSA) is 52.0 Å². The van der Waals surface area contributed by atoms with Gasteiger partial charge in [-0.1, -0.05) is 13.8 Å². The molecule has 0 unspecified atom stereocenters. The van der Waals surface area contributed by atoms with E-state index in [9.17, 15) is 0 Å². The zero-order chi connectivity index (χ0) is 11.0. The van der Waals surface area contributed by atoms with Crippen molar-refractivity contribution in [2.24, 2.45) is 11.7 Å². The third-order valence-electron chi connectivity index (χ3n) is 2.58. The van der Waals surface area contributed by atoms with Crippen molar-refractivity contribution in [2.45, 2.75) is 26.8 Å². The van der Waals surface area contributed by atoms with Crippen molar-refractivity contribution in [3.05, 3.63) is 29.7 Å². The minimum Gasteiger partial charge on any atom is -0.458 e. The fourth-order valence-corrected chi connectivity index (χ4v) is 1.54. The van der Waals surface area contributed by atoms with Crippen molar-refractivity contribution < 1.29 is 4.42 Å². The lowest BCUT2D eigenvalue weighted by Gasteiger charge is -2.11. The average molecular weight is 204 g/mol. The fraction of sp³-hybridized carbons (Fsp3) is 0.417. The highest BCUT2D eigenvalue weighted by Gasteiger charge is 2.15. The maximum absolute atomic E-state index is 6.02. The van der Waals surface area contributed by atoms with Gasteiger partial charge in [0.2, 0.25) is 0 Å². The van der Waals surface area contributed by atoms with Crippen molar-refractivity contribution in [2.75, 3.05) is 0 Å². The Hall–Kier alpha value is -1.35. The molecule has 0 saturated heterocycles. The first-order chi connectivity index (χ1) is 7.08. The summed E-state index contributed by atoms with van der Waals surface area (Å²) in [6.07, 6.45) is 0. The number of rotatable bonds is 2. The molecule has 3 heteroatoms. The smallest absolute Gasteiger partial charge is 0.152 e. The van der Waals surface area contributed by atoms with Crippen LogP contribution in [0.3, 0.4) is 0 Å². The van der Waals surface area contributed by atoms with Crippen LogP contribution < -0.4 is 5.73 Å². The summed E-state index contributed by atoms with van der Waals surface area (Å²) in [6, 6.07) is 5.76. The second-order valence-corrected chi connectivity index (χ2v) is 4.25. The number of fused-ring (bicyclic) bond motifs is 1. The molecule has 1 atom stereocenters. The van der Waals surface area contributed by atoms with Crippen molar-refractivity contribution in [3.63, 3.8) is 0 Å². The Bertz CT molecular complexity index is 473. The quantitative estimate of drug-likeness (QED) is 0.818. The molecule has 0 saturated carbocycles. The van der Waals surface area contributed by atoms with Crippen LogP contribution in [0.4, 0.5) is 0 Å². The Balaban J connectivity index is 2.47. The Labute approximate surface area is 89.3 Å². The third-order valence-corrected chi connectivity index (χ3v) is 2.58. The molecule has 0 radical (unpaired) electrons. The molecule has 0 fully saturated rings. The molecule has 0 aliphatic heterocycles. The van der Waals surface area contributed by atoms with Gasteiger partial charge in [0.15, 0.2) is 5.58 Å². The van der Waals surface area contributed by atoms with Gasteiger partial charge in [-0.05, 0) is 25.0 Å². The summed E-state index contributed by atoms with van der Waals surface area (Å²) in [4.78, 5) is 4.39. The van der Waals surface area contributed by atoms with Crippen LogP contribution in [0.25, 0.3) is 11.1 Å². The van der Waals surface area contributed by atoms with Gasteiger partial charge in [0.1, 0.15) is 11.3 Å². The highest BCUT2D eigenvalue weighted by Crippen LogP contribution is 2.25. The number of aryl methyl sites for hydroxylation is 1. The SMILES string of the molecule is Cc1ccc2oc([C@@H](N)C(C)C)cc2n1. The molecule has 0 aliphatic rings. The highest BCUT2D eigenvalue weighted by molar-refractivity contribution is 5.73. The van der Waals surface area contributed by atoms with Crippen molar-refractivity contribution in [3.8, 4) is 0 Å². The molecule has 80 valence electrons. The molecular weight excluding hydrogens is 188 g/mol. The van der Waals surface area contributed by atoms with Crippen molar-refractivity contribution in [1.29, 1.82) is 0 Å². The summed E-state index contributed by atoms with van der Waals surface area (Å²) in [5.74, 6) is 1.18. The largest absolute Gasteiger partial charge is 0.458 e. The molecular formula is C12H16N2O. The van der Waals surface area contributed by atoms with E-state index in [0.29, 0.717) is 5.92 Å². The number of hydrogen-bond donors (Lipinski definition) is 1. The summed E-state index contributed by atoms with van der Waals surface area (Å²) in [7, 11) is 0. The Morgan fingerprint density at radius 3 is 2.73 bits per heavy atom. The standard InChI is InChI=1S/C12H16N2O/c1-7(2)12(13)11-6-9-10(15-11)5-4-8(3)14-9/h4-7,12H,13H2,1-3H3/t12-/m0/s1. The Morgan fingerprint density at radius 1 is 1.33 bits per heavy atom. The van der Waals surface area contributed by atoms with E-state index in [1.807, 2.05) is 25.1 Å². The van der Waals surface area contributed by atoms with Gasteiger partial charge in [0, 0.05) is 11.8 Å². The van der Waals surface area contributed by atoms with Gasteiger partial charge >= 0.3 is 0 Å². The Morgan fingerprint density at radius 2 is 2.07 bits per heavy atom. The molecule has 0 aliphatic carbocycles. The highest BCUT2D eigenvalue weighted by atomic mass is 16.3. The van der Waals surface area contributed by atoms with E-state index < -0.39 is 0 Å². The summed E-state index contributed by atoms with van der Waals surface area (Å²) in [5, 5.41) is 0. The second-order valence-electron chi connectivity index (χ2n) is 4.25. The van der Waals surface area contributed by atoms with E-state index in [0.717, 1.165) is 22.6 Å². The number of aromatic nitrogens is 1. The van der Waals surface area contributed by atoms with E-state index in [1.54, 1.807) is 0 Å². The monoisotopic (exact) mass is 204 g/mol. The van der Waals surface area contributed by atoms with E-state index >= 15 is 0 Å². The first-order valence-corrected chi connectivity index (χ1v) is 5.20. The molecule has 0 bridgehead atoms. The van der Waals surface area contributed by atoms with Crippen LogP contribution in [0.1, 0.15) is 31.3 Å². The second kappa shape index (κ2) is 3.66. The summed E-state index contributed by atoms with van der Waals surface area (Å²) in [5.41, 5.74) is 8.71. The van der Waals surface area contributed by atoms with Crippen molar-refractivity contribution >= 4 is 11.1 Å². The lowest BCUT2D eigenvalue weighted by Crippen LogP contribution is -2.15. The molecule has 15 heavy (non-hydrogen) atoms. The molecule has 2 N–H and O–H groups in total. The van der Waals surface area contributed by atoms with Gasteiger partial charge in [0.05, 0.1) is 6.04 Å². The van der Waals surface area contributed by atoms with E-state index in [2.05, 4.69) is 18.8 Å². The average Bonchev–Trinajstić information content (AvgIpc) is 2.58. The van der Waals surface area contributed by atoms with Gasteiger partial charge in [-0.2, -0.15) is 0 Å². The molecule has 2 rings (SSSR count). The molecule has 0 spiro atoms. The number of hydrogen-bond acceptors (Lipinski definition) is 3. The number of nitrogens with two attached hydrogens (primary N) is 1. The molecule has 2 heterocycles. The van der Waals surface area contributed by atoms with Crippen LogP contribution in [-0.4, -0.2) is 4.98 Å². The van der Waals surface area contributed by atoms with Gasteiger partial charge in [0.25, 0.3) is 0 Å². The maximum Gasteiger partial charge on any atom is 0.152 e. The Kier molecular flexibility index (Phi) is 2.49. The van der Waals surface area contributed by atoms with Crippen LogP contribution in [0, 0.1) is 12.8 Å². The predicted molar refractivity (Wildman–Crippen MR) is 60.5 cm³/mol. The number of pyridine rings is 1. The third kappa shape index (κ3) is 1.88. The first-order valence-electron chi connectivity index (χ1n) is 5.20. The van der Waals surface area contributed by atoms with Crippen LogP contribution >= 0.6 is 0 Å². The van der Waals surface area contributed by atoms with Gasteiger partial charge < -0.3 is 10.2 Å². The lowest BCUT2D eigenvalue weighted by molar-refractivity contribution is 0.418. The minimum atomic E-state index is -0.0560. The molecule has 0 aromatic carbocycles. The fourth-order valence-electron chi connectivity index (χ4n) is 1.54. The van der Waals surface area contributed by atoms with Crippen LogP contribution in [0.15, 0.2) is 22.6 Å². The molecule has 2 aromatic rings. The summed E-state index contributed by atoms with van der Waals surface area (Å²) < 4.78 is 5.66. The van der Waals surface area contributed by atoms with E-state index in [-0.39, 0.29) is 6.04 Å². The minimum absolute atomic E-state index is 0.0560. The number of nitrogens with zero attached hydrogens (tertiary/aromatic N) is 1. The molecule has 2 aromatic heterocycles. The van der Waals surface area contributed by atoms with Crippen LogP contribution in [0.2, 0.25) is 0 Å². The van der Waals surface area contributed by atoms with E-state index in [4.69, 9.17) is 10.2 Å².